The molecule has 0 aliphatic carbocycles. The first-order valence-corrected chi connectivity index (χ1v) is 11.1. The summed E-state index contributed by atoms with van der Waals surface area (Å²) in [7, 11) is 0. The molecule has 156 valence electrons. The van der Waals surface area contributed by atoms with Crippen LogP contribution in [0.5, 0.6) is 0 Å². The molecule has 1 aliphatic rings. The van der Waals surface area contributed by atoms with Crippen LogP contribution in [0, 0.1) is 5.82 Å². The Kier molecular flexibility index (Phi) is 7.55. The number of amides is 1. The zero-order chi connectivity index (χ0) is 20.8. The topological polar surface area (TPSA) is 52.6 Å². The van der Waals surface area contributed by atoms with Gasteiger partial charge in [0, 0.05) is 45.3 Å². The minimum atomic E-state index is -0.206. The van der Waals surface area contributed by atoms with Gasteiger partial charge in [-0.15, -0.1) is 0 Å². The monoisotopic (exact) mass is 437 g/mol. The number of thioether (sulfide) groups is 1. The summed E-state index contributed by atoms with van der Waals surface area (Å²) in [6.45, 7) is 8.06. The van der Waals surface area contributed by atoms with Crippen molar-refractivity contribution in [3.8, 4) is 0 Å². The lowest BCUT2D eigenvalue weighted by Gasteiger charge is -2.36. The van der Waals surface area contributed by atoms with Crippen LogP contribution in [0.4, 0.5) is 15.9 Å². The van der Waals surface area contributed by atoms with Crippen molar-refractivity contribution in [2.45, 2.75) is 19.0 Å². The van der Waals surface area contributed by atoms with E-state index in [2.05, 4.69) is 14.9 Å². The fourth-order valence-corrected chi connectivity index (χ4v) is 4.27. The van der Waals surface area contributed by atoms with Gasteiger partial charge in [0.1, 0.15) is 16.8 Å². The zero-order valence-corrected chi connectivity index (χ0v) is 18.2. The molecule has 2 aromatic rings. The summed E-state index contributed by atoms with van der Waals surface area (Å²) in [6, 6.07) is 8.56. The Morgan fingerprint density at radius 2 is 1.79 bits per heavy atom. The van der Waals surface area contributed by atoms with E-state index in [1.807, 2.05) is 24.8 Å². The Labute approximate surface area is 180 Å². The molecule has 0 spiro atoms. The minimum absolute atomic E-state index is 0.0589. The smallest absolute Gasteiger partial charge is 0.233 e. The third kappa shape index (κ3) is 5.51. The van der Waals surface area contributed by atoms with Crippen LogP contribution in [0.1, 0.15) is 13.8 Å². The van der Waals surface area contributed by atoms with Crippen LogP contribution in [-0.2, 0) is 4.79 Å². The largest absolute Gasteiger partial charge is 0.366 e. The summed E-state index contributed by atoms with van der Waals surface area (Å²) < 4.78 is 14.0. The number of carbonyl (C=O) groups is 1. The molecule has 1 saturated heterocycles. The molecule has 0 radical (unpaired) electrons. The maximum absolute atomic E-state index is 14.0. The van der Waals surface area contributed by atoms with Crippen molar-refractivity contribution in [3.63, 3.8) is 0 Å². The van der Waals surface area contributed by atoms with Gasteiger partial charge < -0.3 is 14.7 Å². The maximum atomic E-state index is 14.0. The highest BCUT2D eigenvalue weighted by atomic mass is 35.5. The van der Waals surface area contributed by atoms with Gasteiger partial charge in [-0.2, -0.15) is 0 Å². The lowest BCUT2D eigenvalue weighted by Crippen LogP contribution is -2.47. The van der Waals surface area contributed by atoms with Gasteiger partial charge in [-0.05, 0) is 26.0 Å². The Morgan fingerprint density at radius 3 is 2.45 bits per heavy atom. The number of hydrogen-bond acceptors (Lipinski definition) is 6. The van der Waals surface area contributed by atoms with E-state index < -0.39 is 0 Å². The van der Waals surface area contributed by atoms with Crippen molar-refractivity contribution in [1.82, 2.24) is 14.9 Å². The number of aromatic nitrogens is 2. The van der Waals surface area contributed by atoms with Gasteiger partial charge in [-0.25, -0.2) is 14.4 Å². The number of rotatable bonds is 7. The van der Waals surface area contributed by atoms with Crippen molar-refractivity contribution >= 4 is 40.8 Å². The summed E-state index contributed by atoms with van der Waals surface area (Å²) in [5.74, 6) is 0.866. The van der Waals surface area contributed by atoms with E-state index in [1.54, 1.807) is 23.1 Å². The second kappa shape index (κ2) is 10.1. The zero-order valence-electron chi connectivity index (χ0n) is 16.6. The average Bonchev–Trinajstić information content (AvgIpc) is 2.73. The lowest BCUT2D eigenvalue weighted by molar-refractivity contribution is -0.127. The highest BCUT2D eigenvalue weighted by molar-refractivity contribution is 7.99. The van der Waals surface area contributed by atoms with E-state index >= 15 is 0 Å². The number of carbonyl (C=O) groups excluding carboxylic acids is 1. The molecule has 0 unspecified atom stereocenters. The molecule has 1 aromatic heterocycles. The number of nitrogens with zero attached hydrogens (tertiary/aromatic N) is 5. The number of para-hydroxylation sites is 1. The molecule has 1 aliphatic heterocycles. The first-order valence-electron chi connectivity index (χ1n) is 9.71. The standard InChI is InChI=1S/C20H25ClFN5OS/c1-3-25(4-2)19(28)14-29-20-23-17(21)13-18(24-20)27-11-9-26(10-12-27)16-8-6-5-7-15(16)22/h5-8,13H,3-4,9-12,14H2,1-2H3. The van der Waals surface area contributed by atoms with Gasteiger partial charge in [-0.3, -0.25) is 4.79 Å². The van der Waals surface area contributed by atoms with Crippen molar-refractivity contribution in [3.05, 3.63) is 41.3 Å². The van der Waals surface area contributed by atoms with Gasteiger partial charge >= 0.3 is 0 Å². The van der Waals surface area contributed by atoms with Gasteiger partial charge in [0.05, 0.1) is 11.4 Å². The predicted octanol–water partition coefficient (Wildman–Crippen LogP) is 3.56. The number of anilines is 2. The van der Waals surface area contributed by atoms with E-state index in [0.717, 1.165) is 5.82 Å². The van der Waals surface area contributed by atoms with Gasteiger partial charge in [0.25, 0.3) is 0 Å². The molecule has 0 bridgehead atoms. The number of hydrogen-bond donors (Lipinski definition) is 0. The van der Waals surface area contributed by atoms with Crippen LogP contribution >= 0.6 is 23.4 Å². The number of piperazine rings is 1. The second-order valence-electron chi connectivity index (χ2n) is 6.61. The van der Waals surface area contributed by atoms with Crippen LogP contribution in [0.25, 0.3) is 0 Å². The van der Waals surface area contributed by atoms with Gasteiger partial charge in [-0.1, -0.05) is 35.5 Å². The molecule has 1 aromatic carbocycles. The predicted molar refractivity (Wildman–Crippen MR) is 117 cm³/mol. The molecular formula is C20H25ClFN5OS. The molecule has 0 N–H and O–H groups in total. The van der Waals surface area contributed by atoms with Crippen molar-refractivity contribution in [1.29, 1.82) is 0 Å². The van der Waals surface area contributed by atoms with Crippen LogP contribution in [0.3, 0.4) is 0 Å². The summed E-state index contributed by atoms with van der Waals surface area (Å²) >= 11 is 7.50. The Bertz CT molecular complexity index is 843. The molecule has 0 atom stereocenters. The molecule has 3 rings (SSSR count). The van der Waals surface area contributed by atoms with Crippen LogP contribution in [-0.4, -0.2) is 65.8 Å². The van der Waals surface area contributed by atoms with Gasteiger partial charge in [0.2, 0.25) is 5.91 Å². The Balaban J connectivity index is 1.63. The summed E-state index contributed by atoms with van der Waals surface area (Å²) in [6.07, 6.45) is 0. The van der Waals surface area contributed by atoms with Crippen LogP contribution in [0.2, 0.25) is 5.15 Å². The van der Waals surface area contributed by atoms with E-state index in [4.69, 9.17) is 11.6 Å². The summed E-state index contributed by atoms with van der Waals surface area (Å²) in [5, 5.41) is 0.842. The maximum Gasteiger partial charge on any atom is 0.233 e. The Morgan fingerprint density at radius 1 is 1.14 bits per heavy atom. The molecule has 29 heavy (non-hydrogen) atoms. The summed E-state index contributed by atoms with van der Waals surface area (Å²) in [5.41, 5.74) is 0.624. The van der Waals surface area contributed by atoms with Gasteiger partial charge in [0.15, 0.2) is 5.16 Å². The number of halogens is 2. The molecule has 0 saturated carbocycles. The Hall–Kier alpha value is -2.06. The fraction of sp³-hybridized carbons (Fsp3) is 0.450. The van der Waals surface area contributed by atoms with E-state index in [-0.39, 0.29) is 17.5 Å². The fourth-order valence-electron chi connectivity index (χ4n) is 3.29. The lowest BCUT2D eigenvalue weighted by atomic mass is 10.2. The minimum Gasteiger partial charge on any atom is -0.366 e. The average molecular weight is 438 g/mol. The van der Waals surface area contributed by atoms with E-state index in [1.165, 1.54) is 17.8 Å². The molecule has 9 heteroatoms. The molecule has 1 amide bonds. The van der Waals surface area contributed by atoms with Crippen LogP contribution in [0.15, 0.2) is 35.5 Å². The first-order chi connectivity index (χ1) is 14.0. The van der Waals surface area contributed by atoms with Crippen molar-refractivity contribution in [2.75, 3.05) is 54.8 Å². The quantitative estimate of drug-likeness (QED) is 0.375. The van der Waals surface area contributed by atoms with Crippen molar-refractivity contribution in [2.24, 2.45) is 0 Å². The highest BCUT2D eigenvalue weighted by Gasteiger charge is 2.21. The first kappa shape index (κ1) is 21.6. The molecule has 6 nitrogen and oxygen atoms in total. The molecule has 2 heterocycles. The number of benzene rings is 1. The molecule has 1 fully saturated rings. The third-order valence-corrected chi connectivity index (χ3v) is 5.92. The second-order valence-corrected chi connectivity index (χ2v) is 7.94. The third-order valence-electron chi connectivity index (χ3n) is 4.90. The van der Waals surface area contributed by atoms with E-state index in [0.29, 0.717) is 55.3 Å². The SMILES string of the molecule is CCN(CC)C(=O)CSc1nc(Cl)cc(N2CCN(c3ccccc3F)CC2)n1. The molecular weight excluding hydrogens is 413 g/mol. The van der Waals surface area contributed by atoms with E-state index in [9.17, 15) is 9.18 Å². The van der Waals surface area contributed by atoms with Crippen molar-refractivity contribution < 1.29 is 9.18 Å². The van der Waals surface area contributed by atoms with Crippen LogP contribution < -0.4 is 9.80 Å². The normalized spacial score (nSPS) is 14.2. The highest BCUT2D eigenvalue weighted by Crippen LogP contribution is 2.25. The summed E-state index contributed by atoms with van der Waals surface area (Å²) in [4.78, 5) is 27.0.